The molecule has 3 rings (SSSR count). The first-order valence-corrected chi connectivity index (χ1v) is 9.93. The second kappa shape index (κ2) is 8.52. The van der Waals surface area contributed by atoms with Crippen molar-refractivity contribution >= 4 is 33.2 Å². The third kappa shape index (κ3) is 4.34. The lowest BCUT2D eigenvalue weighted by atomic mass is 10.1. The maximum atomic E-state index is 13.2. The molecular formula is C20H21N3O5S. The van der Waals surface area contributed by atoms with Crippen molar-refractivity contribution < 1.29 is 14.5 Å². The van der Waals surface area contributed by atoms with Crippen LogP contribution < -0.4 is 5.56 Å². The Labute approximate surface area is 170 Å². The molecule has 29 heavy (non-hydrogen) atoms. The molecule has 2 heterocycles. The molecule has 0 aliphatic carbocycles. The summed E-state index contributed by atoms with van der Waals surface area (Å²) in [7, 11) is 1.33. The second-order valence-corrected chi connectivity index (χ2v) is 7.93. The minimum atomic E-state index is -0.450. The van der Waals surface area contributed by atoms with E-state index in [4.69, 9.17) is 4.98 Å². The Morgan fingerprint density at radius 1 is 1.28 bits per heavy atom. The Bertz CT molecular complexity index is 1130. The fourth-order valence-corrected chi connectivity index (χ4v) is 4.18. The first kappa shape index (κ1) is 20.7. The normalized spacial score (nSPS) is 11.0. The average molecular weight is 415 g/mol. The van der Waals surface area contributed by atoms with Crippen molar-refractivity contribution in [2.45, 2.75) is 39.7 Å². The van der Waals surface area contributed by atoms with Gasteiger partial charge in [-0.15, -0.1) is 11.3 Å². The van der Waals surface area contributed by atoms with E-state index in [1.165, 1.54) is 30.6 Å². The molecule has 1 aromatic carbocycles. The number of benzene rings is 1. The zero-order valence-electron chi connectivity index (χ0n) is 16.4. The highest BCUT2D eigenvalue weighted by molar-refractivity contribution is 7.18. The number of aryl methyl sites for hydroxylation is 2. The topological polar surface area (TPSA) is 104 Å². The van der Waals surface area contributed by atoms with Crippen molar-refractivity contribution in [3.05, 3.63) is 66.6 Å². The number of non-ortho nitro benzene ring substituents is 1. The molecule has 0 saturated carbocycles. The molecule has 8 nitrogen and oxygen atoms in total. The Hall–Kier alpha value is -3.07. The summed E-state index contributed by atoms with van der Waals surface area (Å²) in [5, 5.41) is 11.5. The van der Waals surface area contributed by atoms with Gasteiger partial charge < -0.3 is 4.74 Å². The number of esters is 1. The van der Waals surface area contributed by atoms with Gasteiger partial charge in [0, 0.05) is 36.4 Å². The third-order valence-corrected chi connectivity index (χ3v) is 5.97. The zero-order chi connectivity index (χ0) is 21.1. The average Bonchev–Trinajstić information content (AvgIpc) is 2.98. The lowest BCUT2D eigenvalue weighted by Gasteiger charge is -2.12. The minimum Gasteiger partial charge on any atom is -0.469 e. The number of aromatic nitrogens is 2. The van der Waals surface area contributed by atoms with Crippen molar-refractivity contribution in [3.8, 4) is 0 Å². The molecule has 0 aliphatic heterocycles. The highest BCUT2D eigenvalue weighted by Gasteiger charge is 2.17. The number of carbonyl (C=O) groups is 1. The lowest BCUT2D eigenvalue weighted by Crippen LogP contribution is -2.26. The quantitative estimate of drug-likeness (QED) is 0.332. The molecule has 0 spiro atoms. The third-order valence-electron chi connectivity index (χ3n) is 4.87. The number of fused-ring (bicyclic) bond motifs is 1. The standard InChI is InChI=1S/C20H21N3O5S/c1-12-13(2)29-19-18(12)20(25)22(10-4-5-17(24)28-3)16(21-19)11-14-6-8-15(9-7-14)23(26)27/h6-9H,4-5,10-11H2,1-3H3. The number of hydrogen-bond acceptors (Lipinski definition) is 7. The lowest BCUT2D eigenvalue weighted by molar-refractivity contribution is -0.384. The van der Waals surface area contributed by atoms with Gasteiger partial charge in [-0.3, -0.25) is 24.3 Å². The van der Waals surface area contributed by atoms with Gasteiger partial charge in [0.05, 0.1) is 17.4 Å². The van der Waals surface area contributed by atoms with Gasteiger partial charge in [-0.05, 0) is 31.4 Å². The van der Waals surface area contributed by atoms with Gasteiger partial charge in [0.1, 0.15) is 10.7 Å². The van der Waals surface area contributed by atoms with E-state index >= 15 is 0 Å². The van der Waals surface area contributed by atoms with Gasteiger partial charge in [-0.2, -0.15) is 0 Å². The van der Waals surface area contributed by atoms with Crippen LogP contribution in [0, 0.1) is 24.0 Å². The Morgan fingerprint density at radius 3 is 2.59 bits per heavy atom. The highest BCUT2D eigenvalue weighted by Crippen LogP contribution is 2.27. The molecular weight excluding hydrogens is 394 g/mol. The van der Waals surface area contributed by atoms with Crippen LogP contribution in [0.3, 0.4) is 0 Å². The summed E-state index contributed by atoms with van der Waals surface area (Å²) in [6.45, 7) is 4.21. The number of carbonyl (C=O) groups excluding carboxylic acids is 1. The summed E-state index contributed by atoms with van der Waals surface area (Å²) in [6.07, 6.45) is 1.02. The number of ether oxygens (including phenoxy) is 1. The van der Waals surface area contributed by atoms with E-state index in [-0.39, 0.29) is 23.6 Å². The highest BCUT2D eigenvalue weighted by atomic mass is 32.1. The maximum absolute atomic E-state index is 13.2. The van der Waals surface area contributed by atoms with E-state index < -0.39 is 4.92 Å². The van der Waals surface area contributed by atoms with Crippen molar-refractivity contribution in [2.75, 3.05) is 7.11 Å². The number of nitrogens with zero attached hydrogens (tertiary/aromatic N) is 3. The molecule has 0 aliphatic rings. The molecule has 0 atom stereocenters. The molecule has 3 aromatic rings. The second-order valence-electron chi connectivity index (χ2n) is 6.73. The Balaban J connectivity index is 2.01. The van der Waals surface area contributed by atoms with Crippen LogP contribution in [0.15, 0.2) is 29.1 Å². The number of hydrogen-bond donors (Lipinski definition) is 0. The van der Waals surface area contributed by atoms with Crippen LogP contribution in [0.5, 0.6) is 0 Å². The summed E-state index contributed by atoms with van der Waals surface area (Å²) in [5.74, 6) is 0.244. The number of methoxy groups -OCH3 is 1. The van der Waals surface area contributed by atoms with E-state index in [2.05, 4.69) is 4.74 Å². The molecule has 0 radical (unpaired) electrons. The Morgan fingerprint density at radius 2 is 1.97 bits per heavy atom. The number of nitro groups is 1. The van der Waals surface area contributed by atoms with E-state index in [1.54, 1.807) is 16.7 Å². The molecule has 0 fully saturated rings. The molecule has 152 valence electrons. The fraction of sp³-hybridized carbons (Fsp3) is 0.350. The van der Waals surface area contributed by atoms with Gasteiger partial charge in [0.15, 0.2) is 0 Å². The monoisotopic (exact) mass is 415 g/mol. The van der Waals surface area contributed by atoms with Crippen LogP contribution in [0.2, 0.25) is 0 Å². The molecule has 0 N–H and O–H groups in total. The summed E-state index contributed by atoms with van der Waals surface area (Å²) in [5.41, 5.74) is 1.62. The van der Waals surface area contributed by atoms with Crippen LogP contribution in [0.25, 0.3) is 10.2 Å². The van der Waals surface area contributed by atoms with Crippen molar-refractivity contribution in [3.63, 3.8) is 0 Å². The number of nitro benzene ring substituents is 1. The van der Waals surface area contributed by atoms with Crippen LogP contribution in [0.4, 0.5) is 5.69 Å². The molecule has 0 bridgehead atoms. The first-order chi connectivity index (χ1) is 13.8. The van der Waals surface area contributed by atoms with Crippen LogP contribution >= 0.6 is 11.3 Å². The van der Waals surface area contributed by atoms with Crippen LogP contribution in [-0.2, 0) is 22.5 Å². The molecule has 0 unspecified atom stereocenters. The summed E-state index contributed by atoms with van der Waals surface area (Å²) < 4.78 is 6.28. The van der Waals surface area contributed by atoms with Gasteiger partial charge in [-0.1, -0.05) is 12.1 Å². The SMILES string of the molecule is COC(=O)CCCn1c(Cc2ccc([N+](=O)[O-])cc2)nc2sc(C)c(C)c2c1=O. The maximum Gasteiger partial charge on any atom is 0.305 e. The van der Waals surface area contributed by atoms with Gasteiger partial charge in [0.2, 0.25) is 0 Å². The fourth-order valence-electron chi connectivity index (χ4n) is 3.14. The Kier molecular flexibility index (Phi) is 6.07. The predicted octanol–water partition coefficient (Wildman–Crippen LogP) is 3.53. The molecule has 0 saturated heterocycles. The zero-order valence-corrected chi connectivity index (χ0v) is 17.2. The minimum absolute atomic E-state index is 0.0112. The number of thiophene rings is 1. The summed E-state index contributed by atoms with van der Waals surface area (Å²) in [4.78, 5) is 41.5. The summed E-state index contributed by atoms with van der Waals surface area (Å²) >= 11 is 1.48. The van der Waals surface area contributed by atoms with E-state index in [0.717, 1.165) is 16.0 Å². The first-order valence-electron chi connectivity index (χ1n) is 9.11. The van der Waals surface area contributed by atoms with Crippen molar-refractivity contribution in [1.29, 1.82) is 0 Å². The molecule has 0 amide bonds. The van der Waals surface area contributed by atoms with E-state index in [9.17, 15) is 19.7 Å². The van der Waals surface area contributed by atoms with Gasteiger partial charge in [-0.25, -0.2) is 4.98 Å². The number of rotatable bonds is 7. The van der Waals surface area contributed by atoms with E-state index in [0.29, 0.717) is 35.4 Å². The largest absolute Gasteiger partial charge is 0.469 e. The molecule has 9 heteroatoms. The van der Waals surface area contributed by atoms with E-state index in [1.807, 2.05) is 13.8 Å². The van der Waals surface area contributed by atoms with Crippen molar-refractivity contribution in [1.82, 2.24) is 9.55 Å². The van der Waals surface area contributed by atoms with Gasteiger partial charge in [0.25, 0.3) is 11.2 Å². The van der Waals surface area contributed by atoms with Crippen molar-refractivity contribution in [2.24, 2.45) is 0 Å². The van der Waals surface area contributed by atoms with Gasteiger partial charge >= 0.3 is 5.97 Å². The van der Waals surface area contributed by atoms with Crippen LogP contribution in [-0.4, -0.2) is 27.6 Å². The smallest absolute Gasteiger partial charge is 0.305 e. The summed E-state index contributed by atoms with van der Waals surface area (Å²) in [6, 6.07) is 6.20. The molecule has 2 aromatic heterocycles. The van der Waals surface area contributed by atoms with Crippen LogP contribution in [0.1, 0.15) is 34.7 Å². The predicted molar refractivity (Wildman–Crippen MR) is 111 cm³/mol.